The zero-order valence-corrected chi connectivity index (χ0v) is 11.3. The van der Waals surface area contributed by atoms with Gasteiger partial charge in [-0.2, -0.15) is 0 Å². The summed E-state index contributed by atoms with van der Waals surface area (Å²) in [6.45, 7) is 1.80. The highest BCUT2D eigenvalue weighted by Crippen LogP contribution is 2.22. The molecule has 0 saturated carbocycles. The molecule has 1 aromatic heterocycles. The quantitative estimate of drug-likeness (QED) is 0.851. The zero-order chi connectivity index (χ0) is 12.8. The van der Waals surface area contributed by atoms with Crippen LogP contribution in [0.15, 0.2) is 23.4 Å². The molecular weight excluding hydrogens is 246 g/mol. The Hall–Kier alpha value is -1.23. The molecule has 0 spiro atoms. The van der Waals surface area contributed by atoms with Crippen LogP contribution in [0.4, 0.5) is 5.69 Å². The molecule has 0 bridgehead atoms. The average molecular weight is 265 g/mol. The van der Waals surface area contributed by atoms with Gasteiger partial charge in [-0.15, -0.1) is 0 Å². The summed E-state index contributed by atoms with van der Waals surface area (Å²) in [4.78, 5) is 18.2. The van der Waals surface area contributed by atoms with E-state index in [1.165, 1.54) is 24.6 Å². The average Bonchev–Trinajstić information content (AvgIpc) is 2.66. The molecule has 1 aliphatic rings. The number of carbonyl (C=O) groups is 1. The lowest BCUT2D eigenvalue weighted by Gasteiger charge is -2.19. The van der Waals surface area contributed by atoms with Crippen molar-refractivity contribution < 1.29 is 4.79 Å². The molecular formula is C13H19N3OS. The number of hydrogen-bond acceptors (Lipinski definition) is 4. The number of nitrogen functional groups attached to an aromatic ring is 1. The fourth-order valence-corrected chi connectivity index (χ4v) is 2.88. The van der Waals surface area contributed by atoms with Crippen LogP contribution < -0.4 is 5.73 Å². The smallest absolute Gasteiger partial charge is 0.232 e. The van der Waals surface area contributed by atoms with E-state index in [1.807, 2.05) is 11.0 Å². The molecule has 0 radical (unpaired) electrons. The van der Waals surface area contributed by atoms with Crippen molar-refractivity contribution >= 4 is 23.4 Å². The first kappa shape index (κ1) is 13.2. The predicted molar refractivity (Wildman–Crippen MR) is 74.4 cm³/mol. The van der Waals surface area contributed by atoms with Crippen LogP contribution >= 0.6 is 11.8 Å². The molecule has 0 unspecified atom stereocenters. The van der Waals surface area contributed by atoms with Gasteiger partial charge in [0, 0.05) is 19.3 Å². The van der Waals surface area contributed by atoms with Crippen LogP contribution in [0, 0.1) is 0 Å². The molecule has 1 aliphatic heterocycles. The monoisotopic (exact) mass is 265 g/mol. The number of carbonyl (C=O) groups excluding carboxylic acids is 1. The van der Waals surface area contributed by atoms with Gasteiger partial charge in [-0.3, -0.25) is 4.79 Å². The summed E-state index contributed by atoms with van der Waals surface area (Å²) in [5.41, 5.74) is 6.45. The summed E-state index contributed by atoms with van der Waals surface area (Å²) in [6.07, 6.45) is 6.44. The minimum atomic E-state index is 0.201. The maximum atomic E-state index is 12.1. The van der Waals surface area contributed by atoms with Gasteiger partial charge in [-0.25, -0.2) is 4.98 Å². The Bertz CT molecular complexity index is 403. The number of rotatable bonds is 3. The first-order chi connectivity index (χ1) is 8.77. The third-order valence-corrected chi connectivity index (χ3v) is 4.10. The predicted octanol–water partition coefficient (Wildman–Crippen LogP) is 2.16. The summed E-state index contributed by atoms with van der Waals surface area (Å²) in [5, 5.41) is 0.751. The molecule has 1 saturated heterocycles. The molecule has 0 aromatic carbocycles. The molecule has 98 valence electrons. The molecule has 4 nitrogen and oxygen atoms in total. The molecule has 1 amide bonds. The minimum absolute atomic E-state index is 0.201. The Kier molecular flexibility index (Phi) is 4.87. The van der Waals surface area contributed by atoms with Crippen molar-refractivity contribution in [3.8, 4) is 0 Å². The summed E-state index contributed by atoms with van der Waals surface area (Å²) in [5.74, 6) is 0.633. The van der Waals surface area contributed by atoms with Gasteiger partial charge in [0.05, 0.1) is 11.4 Å². The molecule has 2 heterocycles. The lowest BCUT2D eigenvalue weighted by Crippen LogP contribution is -2.33. The van der Waals surface area contributed by atoms with Gasteiger partial charge in [0.2, 0.25) is 5.91 Å². The molecule has 0 atom stereocenters. The lowest BCUT2D eigenvalue weighted by molar-refractivity contribution is -0.128. The summed E-state index contributed by atoms with van der Waals surface area (Å²) in [7, 11) is 0. The van der Waals surface area contributed by atoms with E-state index >= 15 is 0 Å². The van der Waals surface area contributed by atoms with Crippen LogP contribution in [-0.4, -0.2) is 34.6 Å². The van der Waals surface area contributed by atoms with Crippen molar-refractivity contribution in [3.63, 3.8) is 0 Å². The van der Waals surface area contributed by atoms with Crippen LogP contribution in [0.1, 0.15) is 25.7 Å². The number of thioether (sulfide) groups is 1. The van der Waals surface area contributed by atoms with Gasteiger partial charge in [-0.1, -0.05) is 24.6 Å². The molecule has 2 rings (SSSR count). The SMILES string of the molecule is Nc1cccnc1SCC(=O)N1CCCCCC1. The van der Waals surface area contributed by atoms with E-state index in [0.29, 0.717) is 11.4 Å². The number of amides is 1. The second kappa shape index (κ2) is 6.64. The number of nitrogens with zero attached hydrogens (tertiary/aromatic N) is 2. The van der Waals surface area contributed by atoms with E-state index < -0.39 is 0 Å². The highest BCUT2D eigenvalue weighted by Gasteiger charge is 2.16. The first-order valence-corrected chi connectivity index (χ1v) is 7.37. The molecule has 2 N–H and O–H groups in total. The minimum Gasteiger partial charge on any atom is -0.397 e. The van der Waals surface area contributed by atoms with E-state index in [9.17, 15) is 4.79 Å². The topological polar surface area (TPSA) is 59.2 Å². The Morgan fingerprint density at radius 3 is 2.72 bits per heavy atom. The third-order valence-electron chi connectivity index (χ3n) is 3.09. The van der Waals surface area contributed by atoms with Crippen molar-refractivity contribution in [1.82, 2.24) is 9.88 Å². The van der Waals surface area contributed by atoms with E-state index in [0.717, 1.165) is 31.0 Å². The second-order valence-corrected chi connectivity index (χ2v) is 5.45. The fourth-order valence-electron chi connectivity index (χ4n) is 2.07. The molecule has 1 fully saturated rings. The van der Waals surface area contributed by atoms with E-state index in [2.05, 4.69) is 4.98 Å². The van der Waals surface area contributed by atoms with Gasteiger partial charge in [0.1, 0.15) is 5.03 Å². The van der Waals surface area contributed by atoms with Gasteiger partial charge >= 0.3 is 0 Å². The zero-order valence-electron chi connectivity index (χ0n) is 10.5. The van der Waals surface area contributed by atoms with Crippen molar-refractivity contribution in [2.24, 2.45) is 0 Å². The number of anilines is 1. The van der Waals surface area contributed by atoms with Gasteiger partial charge < -0.3 is 10.6 Å². The lowest BCUT2D eigenvalue weighted by atomic mass is 10.2. The number of aromatic nitrogens is 1. The van der Waals surface area contributed by atoms with Crippen LogP contribution in [0.5, 0.6) is 0 Å². The fraction of sp³-hybridized carbons (Fsp3) is 0.538. The van der Waals surface area contributed by atoms with Gasteiger partial charge in [-0.05, 0) is 25.0 Å². The molecule has 5 heteroatoms. The largest absolute Gasteiger partial charge is 0.397 e. The second-order valence-electron chi connectivity index (χ2n) is 4.48. The molecule has 18 heavy (non-hydrogen) atoms. The Balaban J connectivity index is 1.86. The summed E-state index contributed by atoms with van der Waals surface area (Å²) in [6, 6.07) is 3.61. The number of hydrogen-bond donors (Lipinski definition) is 1. The van der Waals surface area contributed by atoms with Crippen molar-refractivity contribution in [3.05, 3.63) is 18.3 Å². The maximum Gasteiger partial charge on any atom is 0.232 e. The standard InChI is InChI=1S/C13H19N3OS/c14-11-6-5-7-15-13(11)18-10-12(17)16-8-3-1-2-4-9-16/h5-7H,1-4,8-10,14H2. The molecule has 1 aromatic rings. The summed E-state index contributed by atoms with van der Waals surface area (Å²) >= 11 is 1.43. The number of nitrogens with two attached hydrogens (primary N) is 1. The Morgan fingerprint density at radius 1 is 1.33 bits per heavy atom. The van der Waals surface area contributed by atoms with Crippen LogP contribution in [-0.2, 0) is 4.79 Å². The highest BCUT2D eigenvalue weighted by molar-refractivity contribution is 8.00. The number of pyridine rings is 1. The Labute approximate surface area is 112 Å². The van der Waals surface area contributed by atoms with E-state index in [1.54, 1.807) is 12.3 Å². The van der Waals surface area contributed by atoms with Crippen molar-refractivity contribution in [1.29, 1.82) is 0 Å². The summed E-state index contributed by atoms with van der Waals surface area (Å²) < 4.78 is 0. The number of likely N-dealkylation sites (tertiary alicyclic amines) is 1. The normalized spacial score (nSPS) is 16.3. The Morgan fingerprint density at radius 2 is 2.06 bits per heavy atom. The van der Waals surface area contributed by atoms with Gasteiger partial charge in [0.15, 0.2) is 0 Å². The van der Waals surface area contributed by atoms with Crippen LogP contribution in [0.3, 0.4) is 0 Å². The first-order valence-electron chi connectivity index (χ1n) is 6.38. The van der Waals surface area contributed by atoms with Crippen LogP contribution in [0.2, 0.25) is 0 Å². The van der Waals surface area contributed by atoms with Gasteiger partial charge in [0.25, 0.3) is 0 Å². The van der Waals surface area contributed by atoms with Crippen LogP contribution in [0.25, 0.3) is 0 Å². The highest BCUT2D eigenvalue weighted by atomic mass is 32.2. The third kappa shape index (κ3) is 3.63. The van der Waals surface area contributed by atoms with Crippen molar-refractivity contribution in [2.75, 3.05) is 24.6 Å². The van der Waals surface area contributed by atoms with E-state index in [4.69, 9.17) is 5.73 Å². The van der Waals surface area contributed by atoms with Crippen molar-refractivity contribution in [2.45, 2.75) is 30.7 Å². The van der Waals surface area contributed by atoms with E-state index in [-0.39, 0.29) is 5.91 Å². The molecule has 0 aliphatic carbocycles. The maximum absolute atomic E-state index is 12.1.